The maximum atomic E-state index is 14.4. The number of benzene rings is 2. The highest BCUT2D eigenvalue weighted by atomic mass is 19.3. The Morgan fingerprint density at radius 1 is 1.05 bits per heavy atom. The minimum absolute atomic E-state index is 0.169. The van der Waals surface area contributed by atoms with Crippen LogP contribution in [0.15, 0.2) is 59.4 Å². The number of aromatic nitrogens is 2. The van der Waals surface area contributed by atoms with Gasteiger partial charge in [0.05, 0.1) is 17.0 Å². The molecule has 2 aliphatic heterocycles. The van der Waals surface area contributed by atoms with Crippen molar-refractivity contribution in [3.63, 3.8) is 0 Å². The van der Waals surface area contributed by atoms with Crippen LogP contribution in [0, 0.1) is 11.8 Å². The number of hydrogen-bond acceptors (Lipinski definition) is 6. The predicted molar refractivity (Wildman–Crippen MR) is 166 cm³/mol. The Kier molecular flexibility index (Phi) is 8.25. The zero-order valence-corrected chi connectivity index (χ0v) is 25.1. The molecule has 0 bridgehead atoms. The number of allylic oxidation sites excluding steroid dienone is 2. The standard InChI is InChI=1S/C35H39F2N3O4/c1-22(8-9-23-10-11-23)39-16-4-5-24(19-39)20-40-33(27-6-2-3-7-30(27)44-35(36)37)38-29-14-12-25(17-28(29)34(40)41)26-13-15-31-32(18-26)43-21-42-31/h2-3,6,12-15,17-18,22-24,30,35H,4-5,7-11,16,19-21H2,1H3. The van der Waals surface area contributed by atoms with E-state index >= 15 is 0 Å². The Morgan fingerprint density at radius 3 is 2.70 bits per heavy atom. The lowest BCUT2D eigenvalue weighted by molar-refractivity contribution is -0.146. The lowest BCUT2D eigenvalue weighted by atomic mass is 9.94. The summed E-state index contributed by atoms with van der Waals surface area (Å²) in [5.74, 6) is 2.93. The second-order valence-electron chi connectivity index (χ2n) is 12.7. The fourth-order valence-electron chi connectivity index (χ4n) is 6.92. The average Bonchev–Trinajstić information content (AvgIpc) is 3.75. The van der Waals surface area contributed by atoms with Gasteiger partial charge in [-0.15, -0.1) is 0 Å². The van der Waals surface area contributed by atoms with Crippen LogP contribution in [0.1, 0.15) is 57.7 Å². The van der Waals surface area contributed by atoms with Crippen molar-refractivity contribution in [1.82, 2.24) is 14.5 Å². The van der Waals surface area contributed by atoms with Gasteiger partial charge in [0.15, 0.2) is 11.5 Å². The molecule has 0 spiro atoms. The van der Waals surface area contributed by atoms with E-state index in [0.29, 0.717) is 52.8 Å². The lowest BCUT2D eigenvalue weighted by Crippen LogP contribution is -2.43. The SMILES string of the molecule is CC(CCC1CC1)N1CCCC(Cn2c(C3=CC=CCC3OC(F)F)nc3ccc(-c4ccc5c(c4)OCO5)cc3c2=O)C1. The topological polar surface area (TPSA) is 65.8 Å². The van der Waals surface area contributed by atoms with Crippen LogP contribution in [0.3, 0.4) is 0 Å². The van der Waals surface area contributed by atoms with E-state index in [1.54, 1.807) is 16.7 Å². The summed E-state index contributed by atoms with van der Waals surface area (Å²) in [7, 11) is 0. The summed E-state index contributed by atoms with van der Waals surface area (Å²) in [6.07, 6.45) is 12.1. The summed E-state index contributed by atoms with van der Waals surface area (Å²) < 4.78 is 44.7. The Morgan fingerprint density at radius 2 is 1.86 bits per heavy atom. The van der Waals surface area contributed by atoms with Crippen molar-refractivity contribution in [2.45, 2.75) is 77.2 Å². The molecule has 7 rings (SSSR count). The van der Waals surface area contributed by atoms with Crippen LogP contribution in [0.4, 0.5) is 8.78 Å². The molecule has 2 aromatic carbocycles. The molecule has 0 N–H and O–H groups in total. The highest BCUT2D eigenvalue weighted by molar-refractivity contribution is 5.85. The molecule has 7 nitrogen and oxygen atoms in total. The van der Waals surface area contributed by atoms with Crippen LogP contribution < -0.4 is 15.0 Å². The summed E-state index contributed by atoms with van der Waals surface area (Å²) in [5.41, 5.74) is 2.63. The number of alkyl halides is 2. The van der Waals surface area contributed by atoms with E-state index < -0.39 is 12.7 Å². The van der Waals surface area contributed by atoms with Crippen LogP contribution in [0.25, 0.3) is 27.6 Å². The van der Waals surface area contributed by atoms with Gasteiger partial charge in [-0.3, -0.25) is 9.36 Å². The molecular weight excluding hydrogens is 564 g/mol. The summed E-state index contributed by atoms with van der Waals surface area (Å²) in [6, 6.07) is 11.9. The quantitative estimate of drug-likeness (QED) is 0.248. The number of piperidine rings is 1. The average molecular weight is 604 g/mol. The van der Waals surface area contributed by atoms with Crippen molar-refractivity contribution >= 4 is 16.5 Å². The molecular formula is C35H39F2N3O4. The summed E-state index contributed by atoms with van der Waals surface area (Å²) in [4.78, 5) is 21.9. The van der Waals surface area contributed by atoms with E-state index in [1.807, 2.05) is 42.5 Å². The minimum Gasteiger partial charge on any atom is -0.454 e. The summed E-state index contributed by atoms with van der Waals surface area (Å²) in [6.45, 7) is 2.03. The van der Waals surface area contributed by atoms with Gasteiger partial charge in [-0.05, 0) is 92.8 Å². The van der Waals surface area contributed by atoms with Crippen molar-refractivity contribution in [1.29, 1.82) is 0 Å². The zero-order valence-electron chi connectivity index (χ0n) is 25.1. The maximum absolute atomic E-state index is 14.4. The largest absolute Gasteiger partial charge is 0.454 e. The minimum atomic E-state index is -2.93. The van der Waals surface area contributed by atoms with Gasteiger partial charge in [-0.25, -0.2) is 4.98 Å². The van der Waals surface area contributed by atoms with Gasteiger partial charge in [-0.2, -0.15) is 8.78 Å². The van der Waals surface area contributed by atoms with Crippen LogP contribution in [-0.2, 0) is 11.3 Å². The zero-order chi connectivity index (χ0) is 30.2. The fraction of sp³-hybridized carbons (Fsp3) is 0.486. The molecule has 3 unspecified atom stereocenters. The van der Waals surface area contributed by atoms with Crippen molar-refractivity contribution in [3.8, 4) is 22.6 Å². The van der Waals surface area contributed by atoms with E-state index in [9.17, 15) is 13.6 Å². The third-order valence-corrected chi connectivity index (χ3v) is 9.60. The van der Waals surface area contributed by atoms with Gasteiger partial charge < -0.3 is 19.1 Å². The molecule has 44 heavy (non-hydrogen) atoms. The first kappa shape index (κ1) is 29.2. The Bertz CT molecular complexity index is 1650. The van der Waals surface area contributed by atoms with Crippen molar-refractivity contribution in [2.75, 3.05) is 19.9 Å². The second-order valence-corrected chi connectivity index (χ2v) is 12.7. The van der Waals surface area contributed by atoms with E-state index in [2.05, 4.69) is 11.8 Å². The first-order valence-electron chi connectivity index (χ1n) is 15.9. The number of hydrogen-bond donors (Lipinski definition) is 0. The third kappa shape index (κ3) is 6.17. The van der Waals surface area contributed by atoms with E-state index in [0.717, 1.165) is 43.0 Å². The van der Waals surface area contributed by atoms with Crippen molar-refractivity contribution in [3.05, 3.63) is 70.8 Å². The van der Waals surface area contributed by atoms with Gasteiger partial charge in [0.2, 0.25) is 6.79 Å². The molecule has 3 aromatic rings. The number of rotatable bonds is 10. The van der Waals surface area contributed by atoms with Gasteiger partial charge in [0.25, 0.3) is 5.56 Å². The van der Waals surface area contributed by atoms with Crippen LogP contribution in [-0.4, -0.2) is 53.1 Å². The lowest BCUT2D eigenvalue weighted by Gasteiger charge is -2.37. The first-order chi connectivity index (χ1) is 21.4. The molecule has 3 atom stereocenters. The fourth-order valence-corrected chi connectivity index (χ4v) is 6.92. The molecule has 9 heteroatoms. The summed E-state index contributed by atoms with van der Waals surface area (Å²) >= 11 is 0. The molecule has 3 heterocycles. The number of ether oxygens (including phenoxy) is 3. The summed E-state index contributed by atoms with van der Waals surface area (Å²) in [5, 5.41) is 0.493. The number of halogens is 2. The van der Waals surface area contributed by atoms with Crippen LogP contribution in [0.2, 0.25) is 0 Å². The second kappa shape index (κ2) is 12.4. The highest BCUT2D eigenvalue weighted by Crippen LogP contribution is 2.37. The molecule has 0 amide bonds. The number of nitrogens with zero attached hydrogens (tertiary/aromatic N) is 3. The number of likely N-dealkylation sites (tertiary alicyclic amines) is 1. The number of fused-ring (bicyclic) bond motifs is 2. The highest BCUT2D eigenvalue weighted by Gasteiger charge is 2.30. The molecule has 2 fully saturated rings. The Hall–Kier alpha value is -3.56. The maximum Gasteiger partial charge on any atom is 0.345 e. The van der Waals surface area contributed by atoms with Crippen molar-refractivity contribution in [2.24, 2.45) is 11.8 Å². The molecule has 0 radical (unpaired) electrons. The normalized spacial score (nSPS) is 22.5. The molecule has 4 aliphatic rings. The van der Waals surface area contributed by atoms with Gasteiger partial charge in [0, 0.05) is 24.7 Å². The van der Waals surface area contributed by atoms with E-state index in [1.165, 1.54) is 25.7 Å². The molecule has 1 saturated carbocycles. The molecule has 2 aliphatic carbocycles. The molecule has 1 aromatic heterocycles. The molecule has 232 valence electrons. The van der Waals surface area contributed by atoms with Crippen molar-refractivity contribution < 1.29 is 23.0 Å². The first-order valence-corrected chi connectivity index (χ1v) is 15.9. The Labute approximate surface area is 256 Å². The predicted octanol–water partition coefficient (Wildman–Crippen LogP) is 7.03. The third-order valence-electron chi connectivity index (χ3n) is 9.60. The van der Waals surface area contributed by atoms with Gasteiger partial charge in [-0.1, -0.05) is 43.2 Å². The van der Waals surface area contributed by atoms with Crippen LogP contribution in [0.5, 0.6) is 11.5 Å². The monoisotopic (exact) mass is 603 g/mol. The van der Waals surface area contributed by atoms with Gasteiger partial charge >= 0.3 is 6.61 Å². The van der Waals surface area contributed by atoms with Gasteiger partial charge in [0.1, 0.15) is 5.82 Å². The van der Waals surface area contributed by atoms with E-state index in [4.69, 9.17) is 19.2 Å². The smallest absolute Gasteiger partial charge is 0.345 e. The molecule has 1 saturated heterocycles. The van der Waals surface area contributed by atoms with E-state index in [-0.39, 0.29) is 18.3 Å². The van der Waals surface area contributed by atoms with Crippen LogP contribution >= 0.6 is 0 Å². The Balaban J connectivity index is 1.25.